The number of carbonyl (C=O) groups excluding carboxylic acids is 1. The largest absolute Gasteiger partial charge is 0.352 e. The van der Waals surface area contributed by atoms with Crippen molar-refractivity contribution in [2.24, 2.45) is 5.73 Å². The standard InChI is InChI=1S/C12H14N4O/c13-4-1-5-16-12(17)9-2-3-10-11(8-9)15-7-6-14-10/h2-3,6-8H,1,4-5,13H2,(H,16,17). The van der Waals surface area contributed by atoms with E-state index in [4.69, 9.17) is 5.73 Å². The molecule has 0 radical (unpaired) electrons. The molecule has 5 nitrogen and oxygen atoms in total. The summed E-state index contributed by atoms with van der Waals surface area (Å²) in [7, 11) is 0. The second kappa shape index (κ2) is 5.36. The van der Waals surface area contributed by atoms with Crippen LogP contribution in [0.5, 0.6) is 0 Å². The van der Waals surface area contributed by atoms with Gasteiger partial charge in [0.15, 0.2) is 0 Å². The number of hydrogen-bond acceptors (Lipinski definition) is 4. The van der Waals surface area contributed by atoms with Crippen LogP contribution in [0.15, 0.2) is 30.6 Å². The maximum atomic E-state index is 11.8. The summed E-state index contributed by atoms with van der Waals surface area (Å²) in [4.78, 5) is 20.1. The van der Waals surface area contributed by atoms with Crippen LogP contribution in [0.4, 0.5) is 0 Å². The summed E-state index contributed by atoms with van der Waals surface area (Å²) in [5.41, 5.74) is 7.46. The van der Waals surface area contributed by atoms with Gasteiger partial charge in [-0.2, -0.15) is 0 Å². The quantitative estimate of drug-likeness (QED) is 0.758. The number of amides is 1. The molecule has 2 rings (SSSR count). The van der Waals surface area contributed by atoms with Gasteiger partial charge in [-0.3, -0.25) is 14.8 Å². The molecule has 0 spiro atoms. The van der Waals surface area contributed by atoms with E-state index in [1.165, 1.54) is 0 Å². The lowest BCUT2D eigenvalue weighted by Gasteiger charge is -2.04. The molecule has 0 aliphatic heterocycles. The van der Waals surface area contributed by atoms with Crippen molar-refractivity contribution in [1.82, 2.24) is 15.3 Å². The molecule has 0 bridgehead atoms. The van der Waals surface area contributed by atoms with Gasteiger partial charge < -0.3 is 11.1 Å². The molecule has 17 heavy (non-hydrogen) atoms. The Bertz CT molecular complexity index is 527. The normalized spacial score (nSPS) is 10.4. The first-order chi connectivity index (χ1) is 8.31. The van der Waals surface area contributed by atoms with Crippen LogP contribution in [0.3, 0.4) is 0 Å². The first kappa shape index (κ1) is 11.5. The van der Waals surface area contributed by atoms with E-state index in [2.05, 4.69) is 15.3 Å². The minimum Gasteiger partial charge on any atom is -0.352 e. The van der Waals surface area contributed by atoms with Gasteiger partial charge in [0.2, 0.25) is 0 Å². The predicted octanol–water partition coefficient (Wildman–Crippen LogP) is 0.708. The van der Waals surface area contributed by atoms with Gasteiger partial charge in [-0.15, -0.1) is 0 Å². The lowest BCUT2D eigenvalue weighted by Crippen LogP contribution is -2.25. The Balaban J connectivity index is 2.15. The van der Waals surface area contributed by atoms with Crippen molar-refractivity contribution in [1.29, 1.82) is 0 Å². The molecule has 0 fully saturated rings. The van der Waals surface area contributed by atoms with Crippen LogP contribution in [0, 0.1) is 0 Å². The summed E-state index contributed by atoms with van der Waals surface area (Å²) >= 11 is 0. The van der Waals surface area contributed by atoms with Crippen molar-refractivity contribution in [3.05, 3.63) is 36.2 Å². The third-order valence-corrected chi connectivity index (χ3v) is 2.40. The Kier molecular flexibility index (Phi) is 3.62. The highest BCUT2D eigenvalue weighted by atomic mass is 16.1. The fraction of sp³-hybridized carbons (Fsp3) is 0.250. The summed E-state index contributed by atoms with van der Waals surface area (Å²) in [6.45, 7) is 1.16. The minimum absolute atomic E-state index is 0.106. The summed E-state index contributed by atoms with van der Waals surface area (Å²) in [5, 5.41) is 2.80. The molecule has 2 aromatic rings. The number of nitrogens with two attached hydrogens (primary N) is 1. The molecule has 1 heterocycles. The van der Waals surface area contributed by atoms with Crippen LogP contribution in [-0.2, 0) is 0 Å². The third kappa shape index (κ3) is 2.76. The Morgan fingerprint density at radius 1 is 1.24 bits per heavy atom. The van der Waals surface area contributed by atoms with Gasteiger partial charge in [-0.1, -0.05) is 0 Å². The number of nitrogens with zero attached hydrogens (tertiary/aromatic N) is 2. The molecule has 1 amide bonds. The maximum absolute atomic E-state index is 11.8. The number of fused-ring (bicyclic) bond motifs is 1. The molecule has 0 saturated heterocycles. The van der Waals surface area contributed by atoms with Crippen LogP contribution in [0.2, 0.25) is 0 Å². The average Bonchev–Trinajstić information content (AvgIpc) is 2.38. The van der Waals surface area contributed by atoms with Crippen molar-refractivity contribution in [2.45, 2.75) is 6.42 Å². The molecular weight excluding hydrogens is 216 g/mol. The molecule has 3 N–H and O–H groups in total. The number of hydrogen-bond donors (Lipinski definition) is 2. The smallest absolute Gasteiger partial charge is 0.251 e. The zero-order valence-corrected chi connectivity index (χ0v) is 9.39. The van der Waals surface area contributed by atoms with E-state index in [9.17, 15) is 4.79 Å². The Labute approximate surface area is 99.1 Å². The summed E-state index contributed by atoms with van der Waals surface area (Å²) in [6.07, 6.45) is 4.01. The molecule has 88 valence electrons. The number of carbonyl (C=O) groups is 1. The van der Waals surface area contributed by atoms with Crippen molar-refractivity contribution < 1.29 is 4.79 Å². The van der Waals surface area contributed by atoms with Gasteiger partial charge in [-0.05, 0) is 31.2 Å². The van der Waals surface area contributed by atoms with Gasteiger partial charge >= 0.3 is 0 Å². The van der Waals surface area contributed by atoms with Crippen molar-refractivity contribution in [3.63, 3.8) is 0 Å². The van der Waals surface area contributed by atoms with Crippen LogP contribution in [-0.4, -0.2) is 29.0 Å². The average molecular weight is 230 g/mol. The van der Waals surface area contributed by atoms with Crippen LogP contribution >= 0.6 is 0 Å². The van der Waals surface area contributed by atoms with E-state index < -0.39 is 0 Å². The van der Waals surface area contributed by atoms with Gasteiger partial charge in [0.25, 0.3) is 5.91 Å². The fourth-order valence-electron chi connectivity index (χ4n) is 1.51. The summed E-state index contributed by atoms with van der Waals surface area (Å²) < 4.78 is 0. The third-order valence-electron chi connectivity index (χ3n) is 2.40. The zero-order chi connectivity index (χ0) is 12.1. The molecule has 0 unspecified atom stereocenters. The van der Waals surface area contributed by atoms with Gasteiger partial charge in [0, 0.05) is 24.5 Å². The number of aromatic nitrogens is 2. The Morgan fingerprint density at radius 2 is 2.00 bits per heavy atom. The highest BCUT2D eigenvalue weighted by molar-refractivity contribution is 5.97. The van der Waals surface area contributed by atoms with Crippen LogP contribution in [0.1, 0.15) is 16.8 Å². The van der Waals surface area contributed by atoms with Gasteiger partial charge in [-0.25, -0.2) is 0 Å². The Morgan fingerprint density at radius 3 is 2.76 bits per heavy atom. The number of nitrogens with one attached hydrogen (secondary N) is 1. The van der Waals surface area contributed by atoms with E-state index in [1.54, 1.807) is 30.6 Å². The Hall–Kier alpha value is -2.01. The molecule has 5 heteroatoms. The highest BCUT2D eigenvalue weighted by Crippen LogP contribution is 2.10. The molecule has 0 saturated carbocycles. The maximum Gasteiger partial charge on any atom is 0.251 e. The van der Waals surface area contributed by atoms with Gasteiger partial charge in [0.1, 0.15) is 0 Å². The van der Waals surface area contributed by atoms with E-state index in [-0.39, 0.29) is 5.91 Å². The second-order valence-corrected chi connectivity index (χ2v) is 3.66. The monoisotopic (exact) mass is 230 g/mol. The minimum atomic E-state index is -0.106. The first-order valence-electron chi connectivity index (χ1n) is 5.50. The fourth-order valence-corrected chi connectivity index (χ4v) is 1.51. The van der Waals surface area contributed by atoms with E-state index in [1.807, 2.05) is 0 Å². The molecular formula is C12H14N4O. The summed E-state index contributed by atoms with van der Waals surface area (Å²) in [6, 6.07) is 5.27. The van der Waals surface area contributed by atoms with Crippen molar-refractivity contribution in [2.75, 3.05) is 13.1 Å². The lowest BCUT2D eigenvalue weighted by atomic mass is 10.2. The number of benzene rings is 1. The molecule has 1 aromatic carbocycles. The van der Waals surface area contributed by atoms with E-state index in [0.29, 0.717) is 18.7 Å². The first-order valence-corrected chi connectivity index (χ1v) is 5.50. The predicted molar refractivity (Wildman–Crippen MR) is 65.5 cm³/mol. The zero-order valence-electron chi connectivity index (χ0n) is 9.39. The lowest BCUT2D eigenvalue weighted by molar-refractivity contribution is 0.0953. The topological polar surface area (TPSA) is 80.9 Å². The van der Waals surface area contributed by atoms with Crippen LogP contribution < -0.4 is 11.1 Å². The highest BCUT2D eigenvalue weighted by Gasteiger charge is 2.06. The molecule has 0 aliphatic carbocycles. The van der Waals surface area contributed by atoms with Crippen molar-refractivity contribution >= 4 is 16.9 Å². The molecule has 1 aromatic heterocycles. The van der Waals surface area contributed by atoms with E-state index >= 15 is 0 Å². The van der Waals surface area contributed by atoms with E-state index in [0.717, 1.165) is 17.5 Å². The molecule has 0 atom stereocenters. The summed E-state index contributed by atoms with van der Waals surface area (Å²) in [5.74, 6) is -0.106. The number of rotatable bonds is 4. The second-order valence-electron chi connectivity index (χ2n) is 3.66. The van der Waals surface area contributed by atoms with Gasteiger partial charge in [0.05, 0.1) is 11.0 Å². The van der Waals surface area contributed by atoms with Crippen molar-refractivity contribution in [3.8, 4) is 0 Å². The SMILES string of the molecule is NCCCNC(=O)c1ccc2nccnc2c1. The molecule has 0 aliphatic rings. The van der Waals surface area contributed by atoms with Crippen LogP contribution in [0.25, 0.3) is 11.0 Å².